The molecule has 0 amide bonds. The summed E-state index contributed by atoms with van der Waals surface area (Å²) in [4.78, 5) is 2.45. The largest absolute Gasteiger partial charge is 0.366 e. The lowest BCUT2D eigenvalue weighted by molar-refractivity contribution is 0.353. The maximum Gasteiger partial charge on any atom is 0.0662 e. The molecular formula is C52H39N3S. The smallest absolute Gasteiger partial charge is 0.0662 e. The normalized spacial score (nSPS) is 16.1. The molecule has 2 aromatic heterocycles. The number of rotatable bonds is 6. The number of fused-ring (bicyclic) bond motifs is 11. The van der Waals surface area contributed by atoms with Crippen LogP contribution in [0.3, 0.4) is 0 Å². The van der Waals surface area contributed by atoms with E-state index in [2.05, 4.69) is 204 Å². The molecule has 0 saturated carbocycles. The summed E-state index contributed by atoms with van der Waals surface area (Å²) in [5.41, 5.74) is 7.20. The number of nitrogens with zero attached hydrogens (tertiary/aromatic N) is 2. The van der Waals surface area contributed by atoms with Crippen LogP contribution in [-0.2, 0) is 0 Å². The molecule has 2 heterocycles. The Hall–Kier alpha value is -6.46. The first kappa shape index (κ1) is 32.9. The van der Waals surface area contributed by atoms with Crippen LogP contribution >= 0.6 is 11.3 Å². The molecule has 0 saturated heterocycles. The van der Waals surface area contributed by atoms with Gasteiger partial charge in [0.2, 0.25) is 0 Å². The summed E-state index contributed by atoms with van der Waals surface area (Å²) < 4.78 is 5.12. The van der Waals surface area contributed by atoms with Crippen molar-refractivity contribution >= 4 is 97.4 Å². The van der Waals surface area contributed by atoms with E-state index in [9.17, 15) is 0 Å². The molecule has 3 nitrogen and oxygen atoms in total. The third-order valence-corrected chi connectivity index (χ3v) is 13.1. The third-order valence-electron chi connectivity index (χ3n) is 12.0. The highest BCUT2D eigenvalue weighted by atomic mass is 32.1. The van der Waals surface area contributed by atoms with E-state index < -0.39 is 0 Å². The molecule has 2 atom stereocenters. The number of likely N-dealkylation sites (N-methyl/N-ethyl adjacent to an activating group) is 2. The van der Waals surface area contributed by atoms with Gasteiger partial charge in [0.05, 0.1) is 22.8 Å². The van der Waals surface area contributed by atoms with E-state index in [1.54, 1.807) is 0 Å². The molecular weight excluding hydrogens is 699 g/mol. The van der Waals surface area contributed by atoms with Gasteiger partial charge in [0.15, 0.2) is 0 Å². The quantitative estimate of drug-likeness (QED) is 0.172. The SMILES string of the molecule is CNC1C=CC=CC1N(C)/C(=C/c1ccc(-n2c3ccc4ccccc4c3c3c4ccccc4ccc32)c2ccccc12)c1ccc2c(c1)sc1ccccc12. The highest BCUT2D eigenvalue weighted by molar-refractivity contribution is 7.25. The van der Waals surface area contributed by atoms with Crippen LogP contribution in [0.4, 0.5) is 0 Å². The van der Waals surface area contributed by atoms with Gasteiger partial charge in [-0.25, -0.2) is 0 Å². The van der Waals surface area contributed by atoms with Crippen molar-refractivity contribution in [3.8, 4) is 5.69 Å². The fourth-order valence-electron chi connectivity index (χ4n) is 9.25. The van der Waals surface area contributed by atoms with Crippen molar-refractivity contribution in [2.24, 2.45) is 0 Å². The second-order valence-electron chi connectivity index (χ2n) is 14.9. The Labute approximate surface area is 329 Å². The Morgan fingerprint density at radius 3 is 1.91 bits per heavy atom. The third kappa shape index (κ3) is 5.07. The summed E-state index contributed by atoms with van der Waals surface area (Å²) in [6.45, 7) is 0. The van der Waals surface area contributed by atoms with Gasteiger partial charge in [-0.2, -0.15) is 0 Å². The number of thiophene rings is 1. The molecule has 8 aromatic carbocycles. The molecule has 0 radical (unpaired) electrons. The number of allylic oxidation sites excluding steroid dienone is 2. The van der Waals surface area contributed by atoms with Crippen LogP contribution in [0, 0.1) is 0 Å². The standard InChI is InChI=1S/C52H39N3S/c1-53-43-20-10-11-21-45(43)54(2)48(36-23-27-42-41-19-9-12-22-49(41)56-50(42)32-36)31-35-26-28-44(40-18-8-7-15-37(35)40)55-46-29-24-33-13-3-5-16-38(33)51(46)52-39-17-6-4-14-34(39)25-30-47(52)55/h3-32,43,45,53H,1-2H3/b48-31+. The number of aromatic nitrogens is 1. The second-order valence-corrected chi connectivity index (χ2v) is 16.0. The van der Waals surface area contributed by atoms with Gasteiger partial charge in [0, 0.05) is 55.1 Å². The first-order valence-corrected chi connectivity index (χ1v) is 20.2. The molecule has 4 heteroatoms. The summed E-state index contributed by atoms with van der Waals surface area (Å²) >= 11 is 1.87. The van der Waals surface area contributed by atoms with Gasteiger partial charge in [0.25, 0.3) is 0 Å². The van der Waals surface area contributed by atoms with E-state index in [1.165, 1.54) is 96.8 Å². The zero-order valence-electron chi connectivity index (χ0n) is 31.3. The van der Waals surface area contributed by atoms with Gasteiger partial charge < -0.3 is 14.8 Å². The van der Waals surface area contributed by atoms with Gasteiger partial charge in [-0.15, -0.1) is 11.3 Å². The lowest BCUT2D eigenvalue weighted by atomic mass is 9.96. The monoisotopic (exact) mass is 737 g/mol. The maximum absolute atomic E-state index is 3.55. The molecule has 268 valence electrons. The highest BCUT2D eigenvalue weighted by Gasteiger charge is 2.25. The van der Waals surface area contributed by atoms with Crippen LogP contribution in [-0.4, -0.2) is 35.6 Å². The highest BCUT2D eigenvalue weighted by Crippen LogP contribution is 2.43. The van der Waals surface area contributed by atoms with Crippen molar-refractivity contribution in [3.05, 3.63) is 187 Å². The fourth-order valence-corrected chi connectivity index (χ4v) is 10.4. The Balaban J connectivity index is 1.15. The first-order chi connectivity index (χ1) is 27.7. The van der Waals surface area contributed by atoms with Crippen molar-refractivity contribution in [2.45, 2.75) is 12.1 Å². The molecule has 2 unspecified atom stereocenters. The van der Waals surface area contributed by atoms with Crippen molar-refractivity contribution < 1.29 is 0 Å². The molecule has 11 rings (SSSR count). The Bertz CT molecular complexity index is 3190. The van der Waals surface area contributed by atoms with E-state index in [4.69, 9.17) is 0 Å². The van der Waals surface area contributed by atoms with Crippen molar-refractivity contribution in [1.29, 1.82) is 0 Å². The minimum atomic E-state index is 0.141. The van der Waals surface area contributed by atoms with Crippen LogP contribution < -0.4 is 5.32 Å². The molecule has 0 bridgehead atoms. The molecule has 0 fully saturated rings. The molecule has 1 aliphatic rings. The number of hydrogen-bond donors (Lipinski definition) is 1. The molecule has 0 aliphatic heterocycles. The average molecular weight is 738 g/mol. The van der Waals surface area contributed by atoms with Gasteiger partial charge in [-0.05, 0) is 81.5 Å². The summed E-state index contributed by atoms with van der Waals surface area (Å²) in [7, 11) is 4.29. The fraction of sp³-hybridized carbons (Fsp3) is 0.0769. The molecule has 10 aromatic rings. The van der Waals surface area contributed by atoms with Gasteiger partial charge in [0.1, 0.15) is 0 Å². The maximum atomic E-state index is 3.55. The zero-order chi connectivity index (χ0) is 37.3. The summed E-state index contributed by atoms with van der Waals surface area (Å²) in [6, 6.07) is 56.5. The van der Waals surface area contributed by atoms with E-state index in [0.29, 0.717) is 0 Å². The van der Waals surface area contributed by atoms with E-state index in [-0.39, 0.29) is 12.1 Å². The van der Waals surface area contributed by atoms with Crippen LogP contribution in [0.1, 0.15) is 11.1 Å². The van der Waals surface area contributed by atoms with Gasteiger partial charge in [-0.1, -0.05) is 146 Å². The van der Waals surface area contributed by atoms with Gasteiger partial charge in [-0.3, -0.25) is 0 Å². The zero-order valence-corrected chi connectivity index (χ0v) is 32.1. The van der Waals surface area contributed by atoms with Crippen molar-refractivity contribution in [1.82, 2.24) is 14.8 Å². The Morgan fingerprint density at radius 1 is 0.589 bits per heavy atom. The molecule has 1 N–H and O–H groups in total. The summed E-state index contributed by atoms with van der Waals surface area (Å²) in [5, 5.41) is 16.3. The van der Waals surface area contributed by atoms with Crippen LogP contribution in [0.25, 0.3) is 91.8 Å². The topological polar surface area (TPSA) is 20.2 Å². The molecule has 0 spiro atoms. The van der Waals surface area contributed by atoms with Crippen LogP contribution in [0.15, 0.2) is 176 Å². The first-order valence-electron chi connectivity index (χ1n) is 19.4. The summed E-state index contributed by atoms with van der Waals surface area (Å²) in [5.74, 6) is 0. The number of benzene rings is 8. The lowest BCUT2D eigenvalue weighted by Gasteiger charge is -2.36. The lowest BCUT2D eigenvalue weighted by Crippen LogP contribution is -2.45. The average Bonchev–Trinajstić information content (AvgIpc) is 3.81. The van der Waals surface area contributed by atoms with Crippen molar-refractivity contribution in [2.75, 3.05) is 14.1 Å². The Morgan fingerprint density at radius 2 is 1.20 bits per heavy atom. The predicted octanol–water partition coefficient (Wildman–Crippen LogP) is 13.1. The summed E-state index contributed by atoms with van der Waals surface area (Å²) in [6.07, 6.45) is 11.3. The van der Waals surface area contributed by atoms with Crippen molar-refractivity contribution in [3.63, 3.8) is 0 Å². The second kappa shape index (κ2) is 13.1. The predicted molar refractivity (Wildman–Crippen MR) is 243 cm³/mol. The van der Waals surface area contributed by atoms with Crippen LogP contribution in [0.5, 0.6) is 0 Å². The number of nitrogens with one attached hydrogen (secondary N) is 1. The minimum Gasteiger partial charge on any atom is -0.366 e. The van der Waals surface area contributed by atoms with Gasteiger partial charge >= 0.3 is 0 Å². The van der Waals surface area contributed by atoms with E-state index in [0.717, 1.165) is 0 Å². The van der Waals surface area contributed by atoms with E-state index >= 15 is 0 Å². The number of hydrogen-bond acceptors (Lipinski definition) is 3. The molecule has 1 aliphatic carbocycles. The van der Waals surface area contributed by atoms with Crippen LogP contribution in [0.2, 0.25) is 0 Å². The van der Waals surface area contributed by atoms with E-state index in [1.807, 2.05) is 18.4 Å². The minimum absolute atomic E-state index is 0.141. The molecule has 56 heavy (non-hydrogen) atoms. The Kier molecular flexibility index (Phi) is 7.70.